The Morgan fingerprint density at radius 3 is 2.40 bits per heavy atom. The van der Waals surface area contributed by atoms with Crippen LogP contribution >= 0.6 is 0 Å². The largest absolute Gasteiger partial charge is 0.497 e. The van der Waals surface area contributed by atoms with Crippen molar-refractivity contribution in [2.24, 2.45) is 0 Å². The number of hydrogen-bond donors (Lipinski definition) is 1. The van der Waals surface area contributed by atoms with Gasteiger partial charge in [-0.05, 0) is 45.4 Å². The van der Waals surface area contributed by atoms with E-state index in [1.807, 2.05) is 0 Å². The summed E-state index contributed by atoms with van der Waals surface area (Å²) >= 11 is 0. The standard InChI is InChI=1S/C15H21NO4/c1-14(2,3)20-13(18)16-15(4,10-17)11-7-6-8-12(9-11)19-5/h6-10H,1-5H3,(H,16,18). The van der Waals surface area contributed by atoms with Gasteiger partial charge in [-0.3, -0.25) is 0 Å². The minimum absolute atomic E-state index is 0.613. The zero-order chi connectivity index (χ0) is 15.4. The molecule has 0 aliphatic rings. The Kier molecular flexibility index (Phi) is 4.76. The number of rotatable bonds is 4. The van der Waals surface area contributed by atoms with Crippen molar-refractivity contribution in [1.29, 1.82) is 0 Å². The van der Waals surface area contributed by atoms with Crippen LogP contribution in [-0.2, 0) is 15.1 Å². The van der Waals surface area contributed by atoms with E-state index in [1.54, 1.807) is 59.1 Å². The van der Waals surface area contributed by atoms with E-state index in [4.69, 9.17) is 9.47 Å². The Labute approximate surface area is 119 Å². The van der Waals surface area contributed by atoms with Gasteiger partial charge >= 0.3 is 6.09 Å². The normalized spacial score (nSPS) is 14.1. The number of methoxy groups -OCH3 is 1. The van der Waals surface area contributed by atoms with Crippen LogP contribution in [0.1, 0.15) is 33.3 Å². The van der Waals surface area contributed by atoms with E-state index >= 15 is 0 Å². The summed E-state index contributed by atoms with van der Waals surface area (Å²) in [7, 11) is 1.54. The van der Waals surface area contributed by atoms with Gasteiger partial charge in [0.05, 0.1) is 7.11 Å². The molecule has 1 amide bonds. The summed E-state index contributed by atoms with van der Waals surface area (Å²) < 4.78 is 10.3. The fourth-order valence-corrected chi connectivity index (χ4v) is 1.63. The quantitative estimate of drug-likeness (QED) is 0.860. The fraction of sp³-hybridized carbons (Fsp3) is 0.467. The first kappa shape index (κ1) is 16.0. The third-order valence-corrected chi connectivity index (χ3v) is 2.67. The predicted molar refractivity (Wildman–Crippen MR) is 75.8 cm³/mol. The number of carbonyl (C=O) groups excluding carboxylic acids is 2. The Bertz CT molecular complexity index is 493. The number of carbonyl (C=O) groups is 2. The highest BCUT2D eigenvalue weighted by molar-refractivity contribution is 5.78. The van der Waals surface area contributed by atoms with E-state index in [-0.39, 0.29) is 0 Å². The second kappa shape index (κ2) is 5.94. The smallest absolute Gasteiger partial charge is 0.408 e. The minimum Gasteiger partial charge on any atom is -0.497 e. The van der Waals surface area contributed by atoms with Gasteiger partial charge in [0.15, 0.2) is 0 Å². The van der Waals surface area contributed by atoms with Crippen LogP contribution in [-0.4, -0.2) is 25.1 Å². The monoisotopic (exact) mass is 279 g/mol. The van der Waals surface area contributed by atoms with Crippen molar-refractivity contribution in [1.82, 2.24) is 5.32 Å². The second-order valence-corrected chi connectivity index (χ2v) is 5.68. The highest BCUT2D eigenvalue weighted by Gasteiger charge is 2.30. The summed E-state index contributed by atoms with van der Waals surface area (Å²) in [5, 5.41) is 2.58. The molecule has 0 heterocycles. The topological polar surface area (TPSA) is 64.6 Å². The van der Waals surface area contributed by atoms with E-state index in [9.17, 15) is 9.59 Å². The molecule has 0 radical (unpaired) electrons. The van der Waals surface area contributed by atoms with Crippen molar-refractivity contribution in [3.05, 3.63) is 29.8 Å². The van der Waals surface area contributed by atoms with Gasteiger partial charge in [-0.25, -0.2) is 4.79 Å². The van der Waals surface area contributed by atoms with E-state index < -0.39 is 17.2 Å². The molecular weight excluding hydrogens is 258 g/mol. The van der Waals surface area contributed by atoms with E-state index in [0.717, 1.165) is 0 Å². The number of amides is 1. The van der Waals surface area contributed by atoms with Crippen LogP contribution in [0.5, 0.6) is 5.75 Å². The molecule has 1 unspecified atom stereocenters. The lowest BCUT2D eigenvalue weighted by Crippen LogP contribution is -2.46. The van der Waals surface area contributed by atoms with Crippen LogP contribution in [0.15, 0.2) is 24.3 Å². The maximum absolute atomic E-state index is 11.8. The fourth-order valence-electron chi connectivity index (χ4n) is 1.63. The molecule has 0 aromatic heterocycles. The van der Waals surface area contributed by atoms with Crippen LogP contribution in [0.25, 0.3) is 0 Å². The molecule has 20 heavy (non-hydrogen) atoms. The molecule has 0 saturated heterocycles. The van der Waals surface area contributed by atoms with Crippen LogP contribution in [0, 0.1) is 0 Å². The number of hydrogen-bond acceptors (Lipinski definition) is 4. The molecule has 0 fully saturated rings. The molecule has 1 aromatic carbocycles. The van der Waals surface area contributed by atoms with Crippen LogP contribution in [0.3, 0.4) is 0 Å². The molecule has 0 spiro atoms. The Morgan fingerprint density at radius 2 is 1.90 bits per heavy atom. The van der Waals surface area contributed by atoms with Gasteiger partial charge in [-0.2, -0.15) is 0 Å². The zero-order valence-electron chi connectivity index (χ0n) is 12.5. The molecule has 110 valence electrons. The first-order chi connectivity index (χ1) is 9.20. The first-order valence-corrected chi connectivity index (χ1v) is 6.32. The lowest BCUT2D eigenvalue weighted by Gasteiger charge is -2.28. The van der Waals surface area contributed by atoms with Gasteiger partial charge in [0, 0.05) is 0 Å². The van der Waals surface area contributed by atoms with Gasteiger partial charge in [0.25, 0.3) is 0 Å². The molecule has 1 aromatic rings. The Morgan fingerprint density at radius 1 is 1.25 bits per heavy atom. The number of aldehydes is 1. The summed E-state index contributed by atoms with van der Waals surface area (Å²) in [6.45, 7) is 6.89. The molecule has 0 aliphatic heterocycles. The molecule has 1 N–H and O–H groups in total. The predicted octanol–water partition coefficient (Wildman–Crippen LogP) is 2.63. The second-order valence-electron chi connectivity index (χ2n) is 5.68. The van der Waals surface area contributed by atoms with Crippen molar-refractivity contribution < 1.29 is 19.1 Å². The van der Waals surface area contributed by atoms with Crippen molar-refractivity contribution >= 4 is 12.4 Å². The van der Waals surface area contributed by atoms with Gasteiger partial charge in [-0.1, -0.05) is 12.1 Å². The summed E-state index contributed by atoms with van der Waals surface area (Å²) in [5.41, 5.74) is -1.17. The molecule has 1 atom stereocenters. The van der Waals surface area contributed by atoms with Crippen molar-refractivity contribution in [3.63, 3.8) is 0 Å². The maximum atomic E-state index is 11.8. The summed E-state index contributed by atoms with van der Waals surface area (Å²) in [4.78, 5) is 23.3. The Balaban J connectivity index is 2.96. The van der Waals surface area contributed by atoms with Crippen LogP contribution in [0.2, 0.25) is 0 Å². The molecule has 5 heteroatoms. The average molecular weight is 279 g/mol. The minimum atomic E-state index is -1.17. The molecule has 0 aliphatic carbocycles. The number of ether oxygens (including phenoxy) is 2. The highest BCUT2D eigenvalue weighted by Crippen LogP contribution is 2.23. The van der Waals surface area contributed by atoms with E-state index in [2.05, 4.69) is 5.32 Å². The Hall–Kier alpha value is -2.04. The first-order valence-electron chi connectivity index (χ1n) is 6.32. The molecule has 0 saturated carbocycles. The molecule has 0 bridgehead atoms. The van der Waals surface area contributed by atoms with Gasteiger partial charge in [-0.15, -0.1) is 0 Å². The highest BCUT2D eigenvalue weighted by atomic mass is 16.6. The van der Waals surface area contributed by atoms with Gasteiger partial charge in [0.1, 0.15) is 23.2 Å². The van der Waals surface area contributed by atoms with Crippen molar-refractivity contribution in [2.45, 2.75) is 38.8 Å². The maximum Gasteiger partial charge on any atom is 0.408 e. The number of nitrogens with one attached hydrogen (secondary N) is 1. The SMILES string of the molecule is COc1cccc(C(C)(C=O)NC(=O)OC(C)(C)C)c1. The summed E-state index contributed by atoms with van der Waals surface area (Å²) in [5.74, 6) is 0.613. The molecular formula is C15H21NO4. The third-order valence-electron chi connectivity index (χ3n) is 2.67. The summed E-state index contributed by atoms with van der Waals surface area (Å²) in [6, 6.07) is 6.97. The van der Waals surface area contributed by atoms with Crippen molar-refractivity contribution in [2.75, 3.05) is 7.11 Å². The van der Waals surface area contributed by atoms with Crippen molar-refractivity contribution in [3.8, 4) is 5.75 Å². The number of benzene rings is 1. The summed E-state index contributed by atoms with van der Waals surface area (Å²) in [6.07, 6.45) is 0.0287. The molecule has 1 rings (SSSR count). The van der Waals surface area contributed by atoms with Gasteiger partial charge < -0.3 is 19.6 Å². The average Bonchev–Trinajstić information content (AvgIpc) is 2.36. The lowest BCUT2D eigenvalue weighted by atomic mass is 9.93. The van der Waals surface area contributed by atoms with Crippen LogP contribution in [0.4, 0.5) is 4.79 Å². The third kappa shape index (κ3) is 4.26. The lowest BCUT2D eigenvalue weighted by molar-refractivity contribution is -0.113. The number of alkyl carbamates (subject to hydrolysis) is 1. The zero-order valence-corrected chi connectivity index (χ0v) is 12.5. The van der Waals surface area contributed by atoms with Gasteiger partial charge in [0.2, 0.25) is 0 Å². The van der Waals surface area contributed by atoms with E-state index in [1.165, 1.54) is 0 Å². The molecule has 5 nitrogen and oxygen atoms in total. The van der Waals surface area contributed by atoms with Crippen LogP contribution < -0.4 is 10.1 Å². The van der Waals surface area contributed by atoms with E-state index in [0.29, 0.717) is 17.6 Å².